The average molecular weight is 213 g/mol. The van der Waals surface area contributed by atoms with Crippen molar-refractivity contribution < 1.29 is 9.53 Å². The van der Waals surface area contributed by atoms with E-state index in [1.54, 1.807) is 19.2 Å². The SMILES string of the molecule is COc1cccc(C(=O)Cl)c1C(C)C. The Morgan fingerprint density at radius 3 is 2.50 bits per heavy atom. The summed E-state index contributed by atoms with van der Waals surface area (Å²) in [5.74, 6) is 0.926. The van der Waals surface area contributed by atoms with Crippen molar-refractivity contribution in [3.63, 3.8) is 0 Å². The van der Waals surface area contributed by atoms with Gasteiger partial charge in [0.2, 0.25) is 0 Å². The molecule has 0 bridgehead atoms. The molecule has 0 radical (unpaired) electrons. The quantitative estimate of drug-likeness (QED) is 0.720. The Kier molecular flexibility index (Phi) is 3.53. The molecule has 0 fully saturated rings. The third-order valence-corrected chi connectivity index (χ3v) is 2.28. The molecule has 3 heteroatoms. The molecule has 1 rings (SSSR count). The lowest BCUT2D eigenvalue weighted by Gasteiger charge is -2.14. The Morgan fingerprint density at radius 1 is 1.43 bits per heavy atom. The Bertz CT molecular complexity index is 345. The van der Waals surface area contributed by atoms with Crippen LogP contribution >= 0.6 is 11.6 Å². The Balaban J connectivity index is 3.35. The van der Waals surface area contributed by atoms with Gasteiger partial charge in [-0.15, -0.1) is 0 Å². The van der Waals surface area contributed by atoms with Crippen LogP contribution in [-0.2, 0) is 0 Å². The largest absolute Gasteiger partial charge is 0.496 e. The lowest BCUT2D eigenvalue weighted by Crippen LogP contribution is -2.02. The number of halogens is 1. The average Bonchev–Trinajstić information content (AvgIpc) is 2.16. The van der Waals surface area contributed by atoms with E-state index in [0.29, 0.717) is 11.3 Å². The van der Waals surface area contributed by atoms with E-state index in [1.807, 2.05) is 19.9 Å². The molecular weight excluding hydrogens is 200 g/mol. The first-order valence-electron chi connectivity index (χ1n) is 4.44. The lowest BCUT2D eigenvalue weighted by atomic mass is 9.97. The van der Waals surface area contributed by atoms with Gasteiger partial charge in [-0.2, -0.15) is 0 Å². The van der Waals surface area contributed by atoms with Crippen LogP contribution in [-0.4, -0.2) is 12.4 Å². The molecule has 2 nitrogen and oxygen atoms in total. The summed E-state index contributed by atoms with van der Waals surface area (Å²) >= 11 is 5.49. The second kappa shape index (κ2) is 4.47. The number of rotatable bonds is 3. The summed E-state index contributed by atoms with van der Waals surface area (Å²) < 4.78 is 5.19. The highest BCUT2D eigenvalue weighted by Gasteiger charge is 2.16. The molecule has 1 aromatic rings. The van der Waals surface area contributed by atoms with Crippen molar-refractivity contribution in [3.8, 4) is 5.75 Å². The number of hydrogen-bond acceptors (Lipinski definition) is 2. The minimum Gasteiger partial charge on any atom is -0.496 e. The molecule has 0 aliphatic heterocycles. The van der Waals surface area contributed by atoms with Crippen LogP contribution in [0.3, 0.4) is 0 Å². The van der Waals surface area contributed by atoms with E-state index in [1.165, 1.54) is 0 Å². The maximum absolute atomic E-state index is 11.1. The summed E-state index contributed by atoms with van der Waals surface area (Å²) in [5.41, 5.74) is 1.40. The zero-order chi connectivity index (χ0) is 10.7. The van der Waals surface area contributed by atoms with Gasteiger partial charge in [0.15, 0.2) is 0 Å². The van der Waals surface area contributed by atoms with Crippen molar-refractivity contribution in [2.45, 2.75) is 19.8 Å². The van der Waals surface area contributed by atoms with Gasteiger partial charge in [-0.3, -0.25) is 4.79 Å². The van der Waals surface area contributed by atoms with Crippen LogP contribution in [0.1, 0.15) is 35.7 Å². The summed E-state index contributed by atoms with van der Waals surface area (Å²) in [6.45, 7) is 4.00. The molecule has 0 N–H and O–H groups in total. The summed E-state index contributed by atoms with van der Waals surface area (Å²) in [5, 5.41) is -0.437. The van der Waals surface area contributed by atoms with E-state index in [2.05, 4.69) is 0 Å². The fraction of sp³-hybridized carbons (Fsp3) is 0.364. The van der Waals surface area contributed by atoms with Gasteiger partial charge in [0.1, 0.15) is 5.75 Å². The third-order valence-electron chi connectivity index (χ3n) is 2.08. The zero-order valence-electron chi connectivity index (χ0n) is 8.50. The molecular formula is C11H13ClO2. The van der Waals surface area contributed by atoms with Crippen LogP contribution in [0.25, 0.3) is 0 Å². The van der Waals surface area contributed by atoms with Crippen LogP contribution in [0.5, 0.6) is 5.75 Å². The van der Waals surface area contributed by atoms with Crippen molar-refractivity contribution in [3.05, 3.63) is 29.3 Å². The molecule has 0 amide bonds. The van der Waals surface area contributed by atoms with Crippen LogP contribution in [0.15, 0.2) is 18.2 Å². The normalized spacial score (nSPS) is 10.4. The number of ether oxygens (including phenoxy) is 1. The highest BCUT2D eigenvalue weighted by atomic mass is 35.5. The van der Waals surface area contributed by atoms with Gasteiger partial charge in [0, 0.05) is 11.1 Å². The Hall–Kier alpha value is -1.02. The van der Waals surface area contributed by atoms with Crippen LogP contribution in [0, 0.1) is 0 Å². The van der Waals surface area contributed by atoms with Crippen LogP contribution < -0.4 is 4.74 Å². The standard InChI is InChI=1S/C11H13ClO2/c1-7(2)10-8(11(12)13)5-4-6-9(10)14-3/h4-7H,1-3H3. The van der Waals surface area contributed by atoms with Gasteiger partial charge in [-0.1, -0.05) is 19.9 Å². The number of carbonyl (C=O) groups excluding carboxylic acids is 1. The van der Waals surface area contributed by atoms with Crippen molar-refractivity contribution in [2.75, 3.05) is 7.11 Å². The molecule has 1 aromatic carbocycles. The molecule has 0 aromatic heterocycles. The molecule has 76 valence electrons. The maximum Gasteiger partial charge on any atom is 0.252 e. The second-order valence-corrected chi connectivity index (χ2v) is 3.69. The Labute approximate surface area is 88.8 Å². The number of benzene rings is 1. The van der Waals surface area contributed by atoms with Gasteiger partial charge < -0.3 is 4.74 Å². The lowest BCUT2D eigenvalue weighted by molar-refractivity contribution is 0.108. The van der Waals surface area contributed by atoms with Gasteiger partial charge in [0.05, 0.1) is 7.11 Å². The van der Waals surface area contributed by atoms with Crippen molar-refractivity contribution >= 4 is 16.8 Å². The summed E-state index contributed by atoms with van der Waals surface area (Å²) in [6.07, 6.45) is 0. The van der Waals surface area contributed by atoms with Crippen LogP contribution in [0.2, 0.25) is 0 Å². The molecule has 0 aliphatic carbocycles. The number of methoxy groups -OCH3 is 1. The van der Waals surface area contributed by atoms with Crippen molar-refractivity contribution in [2.24, 2.45) is 0 Å². The van der Waals surface area contributed by atoms with E-state index in [9.17, 15) is 4.79 Å². The van der Waals surface area contributed by atoms with Crippen molar-refractivity contribution in [1.82, 2.24) is 0 Å². The number of hydrogen-bond donors (Lipinski definition) is 0. The van der Waals surface area contributed by atoms with E-state index in [0.717, 1.165) is 5.56 Å². The minimum atomic E-state index is -0.437. The van der Waals surface area contributed by atoms with E-state index < -0.39 is 5.24 Å². The predicted molar refractivity (Wildman–Crippen MR) is 57.3 cm³/mol. The molecule has 0 saturated heterocycles. The summed E-state index contributed by atoms with van der Waals surface area (Å²) in [4.78, 5) is 11.1. The molecule has 0 heterocycles. The zero-order valence-corrected chi connectivity index (χ0v) is 9.26. The van der Waals surface area contributed by atoms with Crippen LogP contribution in [0.4, 0.5) is 0 Å². The predicted octanol–water partition coefficient (Wildman–Crippen LogP) is 3.20. The molecule has 0 aliphatic rings. The summed E-state index contributed by atoms with van der Waals surface area (Å²) in [6, 6.07) is 5.31. The topological polar surface area (TPSA) is 26.3 Å². The minimum absolute atomic E-state index is 0.212. The van der Waals surface area contributed by atoms with Gasteiger partial charge in [0.25, 0.3) is 5.24 Å². The molecule has 0 spiro atoms. The smallest absolute Gasteiger partial charge is 0.252 e. The van der Waals surface area contributed by atoms with E-state index >= 15 is 0 Å². The summed E-state index contributed by atoms with van der Waals surface area (Å²) in [7, 11) is 1.59. The highest BCUT2D eigenvalue weighted by Crippen LogP contribution is 2.30. The van der Waals surface area contributed by atoms with Gasteiger partial charge in [-0.25, -0.2) is 0 Å². The fourth-order valence-electron chi connectivity index (χ4n) is 1.49. The molecule has 0 unspecified atom stereocenters. The van der Waals surface area contributed by atoms with Crippen molar-refractivity contribution in [1.29, 1.82) is 0 Å². The first-order valence-corrected chi connectivity index (χ1v) is 4.82. The fourth-order valence-corrected chi connectivity index (χ4v) is 1.65. The van der Waals surface area contributed by atoms with Gasteiger partial charge >= 0.3 is 0 Å². The second-order valence-electron chi connectivity index (χ2n) is 3.35. The molecule has 0 saturated carbocycles. The Morgan fingerprint density at radius 2 is 2.07 bits per heavy atom. The first kappa shape index (κ1) is 11.1. The van der Waals surface area contributed by atoms with Gasteiger partial charge in [-0.05, 0) is 29.7 Å². The third kappa shape index (κ3) is 2.07. The van der Waals surface area contributed by atoms with E-state index in [4.69, 9.17) is 16.3 Å². The maximum atomic E-state index is 11.1. The first-order chi connectivity index (χ1) is 6.57. The molecule has 0 atom stereocenters. The van der Waals surface area contributed by atoms with E-state index in [-0.39, 0.29) is 5.92 Å². The molecule has 14 heavy (non-hydrogen) atoms. The monoisotopic (exact) mass is 212 g/mol. The highest BCUT2D eigenvalue weighted by molar-refractivity contribution is 6.68. The number of carbonyl (C=O) groups is 1.